The maximum atomic E-state index is 14.1. The predicted molar refractivity (Wildman–Crippen MR) is 71.9 cm³/mol. The molecular formula is C14H19F2N3O2. The quantitative estimate of drug-likeness (QED) is 0.922. The largest absolute Gasteiger partial charge is 0.372 e. The van der Waals surface area contributed by atoms with Crippen LogP contribution in [0.2, 0.25) is 0 Å². The zero-order chi connectivity index (χ0) is 15.9. The van der Waals surface area contributed by atoms with Gasteiger partial charge in [-0.2, -0.15) is 0 Å². The number of hydrogen-bond acceptors (Lipinski definition) is 4. The summed E-state index contributed by atoms with van der Waals surface area (Å²) in [5, 5.41) is 0. The van der Waals surface area contributed by atoms with Gasteiger partial charge in [0.1, 0.15) is 11.4 Å². The van der Waals surface area contributed by atoms with Gasteiger partial charge in [0.25, 0.3) is 5.92 Å². The number of rotatable bonds is 3. The van der Waals surface area contributed by atoms with E-state index in [9.17, 15) is 13.6 Å². The first kappa shape index (κ1) is 15.8. The fourth-order valence-corrected chi connectivity index (χ4v) is 2.89. The number of hydrogen-bond donors (Lipinski definition) is 1. The normalized spacial score (nSPS) is 31.9. The topological polar surface area (TPSA) is 78.1 Å². The first-order valence-corrected chi connectivity index (χ1v) is 6.69. The lowest BCUT2D eigenvalue weighted by molar-refractivity contribution is -0.220. The van der Waals surface area contributed by atoms with E-state index in [0.717, 1.165) is 0 Å². The Hall–Kier alpha value is -1.63. The lowest BCUT2D eigenvalue weighted by Crippen LogP contribution is -2.59. The molecule has 7 heteroatoms. The average molecular weight is 299 g/mol. The van der Waals surface area contributed by atoms with Gasteiger partial charge in [-0.15, -0.1) is 0 Å². The number of aryl methyl sites for hydroxylation is 1. The summed E-state index contributed by atoms with van der Waals surface area (Å²) >= 11 is 0. The van der Waals surface area contributed by atoms with Crippen molar-refractivity contribution in [3.05, 3.63) is 23.8 Å². The van der Waals surface area contributed by atoms with Crippen molar-refractivity contribution >= 4 is 5.91 Å². The summed E-state index contributed by atoms with van der Waals surface area (Å²) in [6.07, 6.45) is 2.22. The molecular weight excluding hydrogens is 280 g/mol. The van der Waals surface area contributed by atoms with Gasteiger partial charge in [-0.05, 0) is 20.3 Å². The van der Waals surface area contributed by atoms with Crippen LogP contribution in [0.5, 0.6) is 0 Å². The minimum absolute atomic E-state index is 0.0549. The van der Waals surface area contributed by atoms with Crippen LogP contribution in [0, 0.1) is 6.92 Å². The summed E-state index contributed by atoms with van der Waals surface area (Å²) in [7, 11) is 1.22. The molecule has 0 aliphatic heterocycles. The molecule has 1 heterocycles. The zero-order valence-corrected chi connectivity index (χ0v) is 12.3. The van der Waals surface area contributed by atoms with Crippen molar-refractivity contribution in [2.75, 3.05) is 7.11 Å². The molecule has 1 amide bonds. The van der Waals surface area contributed by atoms with Crippen LogP contribution in [0.3, 0.4) is 0 Å². The van der Waals surface area contributed by atoms with E-state index in [0.29, 0.717) is 11.4 Å². The molecule has 21 heavy (non-hydrogen) atoms. The molecule has 0 bridgehead atoms. The fourth-order valence-electron chi connectivity index (χ4n) is 2.89. The highest BCUT2D eigenvalue weighted by molar-refractivity contribution is 5.87. The van der Waals surface area contributed by atoms with Crippen LogP contribution in [0.1, 0.15) is 37.6 Å². The van der Waals surface area contributed by atoms with Crippen LogP contribution in [-0.4, -0.2) is 34.5 Å². The van der Waals surface area contributed by atoms with Gasteiger partial charge in [0.15, 0.2) is 0 Å². The van der Waals surface area contributed by atoms with Gasteiger partial charge in [0, 0.05) is 37.9 Å². The van der Waals surface area contributed by atoms with Crippen LogP contribution < -0.4 is 5.73 Å². The van der Waals surface area contributed by atoms with Crippen molar-refractivity contribution in [2.24, 2.45) is 5.73 Å². The summed E-state index contributed by atoms with van der Waals surface area (Å²) < 4.78 is 33.3. The number of amides is 1. The van der Waals surface area contributed by atoms with Gasteiger partial charge >= 0.3 is 0 Å². The van der Waals surface area contributed by atoms with Gasteiger partial charge in [0.2, 0.25) is 5.91 Å². The average Bonchev–Trinajstić information content (AvgIpc) is 2.43. The van der Waals surface area contributed by atoms with E-state index in [1.807, 2.05) is 0 Å². The smallest absolute Gasteiger partial charge is 0.276 e. The summed E-state index contributed by atoms with van der Waals surface area (Å²) in [6, 6.07) is 0. The summed E-state index contributed by atoms with van der Waals surface area (Å²) in [5.74, 6) is -3.14. The highest BCUT2D eigenvalue weighted by Gasteiger charge is 2.61. The lowest BCUT2D eigenvalue weighted by atomic mass is 9.63. The maximum absolute atomic E-state index is 14.1. The minimum Gasteiger partial charge on any atom is -0.372 e. The number of alkyl halides is 2. The Bertz CT molecular complexity index is 550. The molecule has 116 valence electrons. The number of aromatic nitrogens is 2. The SMILES string of the molecule is COC1(C)CC(C(N)=O)(c2cnc(C)nc2)CCC1(F)F. The van der Waals surface area contributed by atoms with E-state index in [1.54, 1.807) is 6.92 Å². The zero-order valence-electron chi connectivity index (χ0n) is 12.3. The van der Waals surface area contributed by atoms with E-state index < -0.39 is 29.3 Å². The number of nitrogens with zero attached hydrogens (tertiary/aromatic N) is 2. The molecule has 1 fully saturated rings. The van der Waals surface area contributed by atoms with Crippen molar-refractivity contribution < 1.29 is 18.3 Å². The van der Waals surface area contributed by atoms with Crippen molar-refractivity contribution in [1.29, 1.82) is 0 Å². The molecule has 2 atom stereocenters. The minimum atomic E-state index is -3.02. The Morgan fingerprint density at radius 1 is 1.33 bits per heavy atom. The lowest BCUT2D eigenvalue weighted by Gasteiger charge is -2.48. The van der Waals surface area contributed by atoms with E-state index >= 15 is 0 Å². The van der Waals surface area contributed by atoms with Gasteiger partial charge in [-0.1, -0.05) is 0 Å². The summed E-state index contributed by atoms with van der Waals surface area (Å²) in [6.45, 7) is 3.01. The predicted octanol–water partition coefficient (Wildman–Crippen LogP) is 1.73. The number of halogens is 2. The molecule has 1 saturated carbocycles. The van der Waals surface area contributed by atoms with Crippen molar-refractivity contribution in [3.8, 4) is 0 Å². The summed E-state index contributed by atoms with van der Waals surface area (Å²) in [5.41, 5.74) is 3.00. The Labute approximate surface area is 121 Å². The van der Waals surface area contributed by atoms with E-state index in [2.05, 4.69) is 9.97 Å². The van der Waals surface area contributed by atoms with Crippen LogP contribution in [0.25, 0.3) is 0 Å². The number of nitrogens with two attached hydrogens (primary N) is 1. The second kappa shape index (κ2) is 4.98. The molecule has 1 aliphatic carbocycles. The van der Waals surface area contributed by atoms with Crippen LogP contribution in [-0.2, 0) is 14.9 Å². The van der Waals surface area contributed by atoms with Gasteiger partial charge in [-0.3, -0.25) is 4.79 Å². The first-order chi connectivity index (χ1) is 9.67. The number of primary amides is 1. The van der Waals surface area contributed by atoms with Gasteiger partial charge in [0.05, 0.1) is 5.41 Å². The third kappa shape index (κ3) is 2.39. The van der Waals surface area contributed by atoms with Gasteiger partial charge < -0.3 is 10.5 Å². The molecule has 2 N–H and O–H groups in total. The van der Waals surface area contributed by atoms with Crippen molar-refractivity contribution in [2.45, 2.75) is 50.0 Å². The molecule has 0 spiro atoms. The number of ether oxygens (including phenoxy) is 1. The standard InChI is InChI=1S/C14H19F2N3O2/c1-9-18-6-10(7-19-9)13(11(17)20)4-5-14(15,16)12(2,8-13)21-3/h6-7H,4-5,8H2,1-3H3,(H2,17,20). The molecule has 1 aromatic rings. The van der Waals surface area contributed by atoms with Crippen molar-refractivity contribution in [3.63, 3.8) is 0 Å². The van der Waals surface area contributed by atoms with E-state index in [1.165, 1.54) is 26.4 Å². The van der Waals surface area contributed by atoms with Crippen LogP contribution >= 0.6 is 0 Å². The van der Waals surface area contributed by atoms with Crippen molar-refractivity contribution in [1.82, 2.24) is 9.97 Å². The molecule has 0 saturated heterocycles. The monoisotopic (exact) mass is 299 g/mol. The Morgan fingerprint density at radius 3 is 2.38 bits per heavy atom. The second-order valence-corrected chi connectivity index (χ2v) is 5.78. The first-order valence-electron chi connectivity index (χ1n) is 6.69. The number of carbonyl (C=O) groups excluding carboxylic acids is 1. The highest BCUT2D eigenvalue weighted by atomic mass is 19.3. The molecule has 5 nitrogen and oxygen atoms in total. The molecule has 2 rings (SSSR count). The van der Waals surface area contributed by atoms with E-state index in [-0.39, 0.29) is 12.8 Å². The maximum Gasteiger partial charge on any atom is 0.276 e. The molecule has 0 radical (unpaired) electrons. The Morgan fingerprint density at radius 2 is 1.90 bits per heavy atom. The molecule has 0 aromatic carbocycles. The highest BCUT2D eigenvalue weighted by Crippen LogP contribution is 2.51. The fraction of sp³-hybridized carbons (Fsp3) is 0.643. The van der Waals surface area contributed by atoms with E-state index in [4.69, 9.17) is 10.5 Å². The third-order valence-electron chi connectivity index (χ3n) is 4.53. The molecule has 1 aliphatic rings. The number of methoxy groups -OCH3 is 1. The number of carbonyl (C=O) groups is 1. The molecule has 2 unspecified atom stereocenters. The second-order valence-electron chi connectivity index (χ2n) is 5.78. The Balaban J connectivity index is 2.50. The molecule has 1 aromatic heterocycles. The Kier molecular flexibility index (Phi) is 3.73. The third-order valence-corrected chi connectivity index (χ3v) is 4.53. The summed E-state index contributed by atoms with van der Waals surface area (Å²) in [4.78, 5) is 20.1. The van der Waals surface area contributed by atoms with Crippen LogP contribution in [0.15, 0.2) is 12.4 Å². The van der Waals surface area contributed by atoms with Gasteiger partial charge in [-0.25, -0.2) is 18.7 Å². The van der Waals surface area contributed by atoms with Crippen LogP contribution in [0.4, 0.5) is 8.78 Å².